The first-order valence-electron chi connectivity index (χ1n) is 6.79. The summed E-state index contributed by atoms with van der Waals surface area (Å²) in [6.45, 7) is 1.49. The van der Waals surface area contributed by atoms with Crippen LogP contribution >= 0.6 is 0 Å². The summed E-state index contributed by atoms with van der Waals surface area (Å²) < 4.78 is 10.8. The number of benzene rings is 2. The van der Waals surface area contributed by atoms with Crippen molar-refractivity contribution in [2.24, 2.45) is 0 Å². The van der Waals surface area contributed by atoms with Crippen molar-refractivity contribution in [1.82, 2.24) is 0 Å². The maximum atomic E-state index is 12.6. The lowest BCUT2D eigenvalue weighted by Gasteiger charge is -2.11. The standard InChI is InChI=1S/C17H14O6/c1-8-11(19)7-12-13(14(8)20)15(21)17(22-2)16(23-12)9-3-5-10(18)6-4-9/h3-7,18-20H,1-2H3. The van der Waals surface area contributed by atoms with Crippen LogP contribution in [-0.4, -0.2) is 22.4 Å². The number of fused-ring (bicyclic) bond motifs is 1. The molecule has 23 heavy (non-hydrogen) atoms. The molecule has 6 heteroatoms. The van der Waals surface area contributed by atoms with Crippen LogP contribution in [0, 0.1) is 6.92 Å². The molecular weight excluding hydrogens is 300 g/mol. The molecule has 1 heterocycles. The van der Waals surface area contributed by atoms with Gasteiger partial charge < -0.3 is 24.5 Å². The molecule has 0 amide bonds. The molecule has 118 valence electrons. The molecule has 6 nitrogen and oxygen atoms in total. The van der Waals surface area contributed by atoms with E-state index in [1.165, 1.54) is 32.2 Å². The van der Waals surface area contributed by atoms with Crippen LogP contribution in [0.4, 0.5) is 0 Å². The summed E-state index contributed by atoms with van der Waals surface area (Å²) >= 11 is 0. The van der Waals surface area contributed by atoms with Crippen LogP contribution in [0.1, 0.15) is 5.56 Å². The summed E-state index contributed by atoms with van der Waals surface area (Å²) in [6.07, 6.45) is 0. The molecule has 3 aromatic rings. The molecule has 0 bridgehead atoms. The predicted octanol–water partition coefficient (Wildman–Crippen LogP) is 2.89. The van der Waals surface area contributed by atoms with E-state index in [2.05, 4.69) is 0 Å². The van der Waals surface area contributed by atoms with Gasteiger partial charge >= 0.3 is 0 Å². The zero-order chi connectivity index (χ0) is 16.7. The summed E-state index contributed by atoms with van der Waals surface area (Å²) in [6, 6.07) is 7.30. The topological polar surface area (TPSA) is 100 Å². The highest BCUT2D eigenvalue weighted by molar-refractivity contribution is 5.89. The van der Waals surface area contributed by atoms with E-state index in [9.17, 15) is 20.1 Å². The lowest BCUT2D eigenvalue weighted by molar-refractivity contribution is 0.396. The highest BCUT2D eigenvalue weighted by atomic mass is 16.5. The van der Waals surface area contributed by atoms with Crippen LogP contribution < -0.4 is 10.2 Å². The molecule has 3 N–H and O–H groups in total. The number of phenolic OH excluding ortho intramolecular Hbond substituents is 3. The Morgan fingerprint density at radius 2 is 1.74 bits per heavy atom. The van der Waals surface area contributed by atoms with Gasteiger partial charge in [-0.3, -0.25) is 4.79 Å². The first kappa shape index (κ1) is 14.8. The molecule has 0 aliphatic rings. The quantitative estimate of drug-likeness (QED) is 0.672. The van der Waals surface area contributed by atoms with Gasteiger partial charge in [-0.15, -0.1) is 0 Å². The fourth-order valence-electron chi connectivity index (χ4n) is 2.39. The van der Waals surface area contributed by atoms with E-state index in [0.717, 1.165) is 0 Å². The van der Waals surface area contributed by atoms with Gasteiger partial charge in [-0.05, 0) is 31.2 Å². The minimum Gasteiger partial charge on any atom is -0.508 e. The number of aromatic hydroxyl groups is 3. The van der Waals surface area contributed by atoms with Gasteiger partial charge in [0.15, 0.2) is 5.76 Å². The van der Waals surface area contributed by atoms with Gasteiger partial charge in [0, 0.05) is 17.2 Å². The largest absolute Gasteiger partial charge is 0.508 e. The molecule has 3 rings (SSSR count). The highest BCUT2D eigenvalue weighted by Gasteiger charge is 2.21. The van der Waals surface area contributed by atoms with E-state index in [0.29, 0.717) is 5.56 Å². The lowest BCUT2D eigenvalue weighted by Crippen LogP contribution is -2.08. The van der Waals surface area contributed by atoms with Crippen LogP contribution in [-0.2, 0) is 0 Å². The Bertz CT molecular complexity index is 954. The van der Waals surface area contributed by atoms with Crippen molar-refractivity contribution in [2.45, 2.75) is 6.92 Å². The van der Waals surface area contributed by atoms with Gasteiger partial charge in [-0.25, -0.2) is 0 Å². The van der Waals surface area contributed by atoms with Gasteiger partial charge in [0.1, 0.15) is 28.2 Å². The normalized spacial score (nSPS) is 10.9. The minimum atomic E-state index is -0.544. The first-order chi connectivity index (χ1) is 10.9. The van der Waals surface area contributed by atoms with E-state index >= 15 is 0 Å². The number of rotatable bonds is 2. The highest BCUT2D eigenvalue weighted by Crippen LogP contribution is 2.38. The van der Waals surface area contributed by atoms with Crippen molar-refractivity contribution in [3.8, 4) is 34.3 Å². The van der Waals surface area contributed by atoms with Gasteiger partial charge in [0.2, 0.25) is 11.2 Å². The van der Waals surface area contributed by atoms with E-state index in [4.69, 9.17) is 9.15 Å². The van der Waals surface area contributed by atoms with Crippen LogP contribution in [0.2, 0.25) is 0 Å². The average molecular weight is 314 g/mol. The number of phenols is 3. The molecule has 0 aliphatic carbocycles. The van der Waals surface area contributed by atoms with Gasteiger partial charge in [0.25, 0.3) is 0 Å². The molecule has 0 radical (unpaired) electrons. The Hall–Kier alpha value is -3.15. The fourth-order valence-corrected chi connectivity index (χ4v) is 2.39. The number of hydrogen-bond acceptors (Lipinski definition) is 6. The van der Waals surface area contributed by atoms with Crippen molar-refractivity contribution >= 4 is 11.0 Å². The average Bonchev–Trinajstić information content (AvgIpc) is 2.53. The summed E-state index contributed by atoms with van der Waals surface area (Å²) in [4.78, 5) is 12.6. The number of ether oxygens (including phenoxy) is 1. The van der Waals surface area contributed by atoms with Crippen LogP contribution in [0.3, 0.4) is 0 Å². The Balaban J connectivity index is 2.42. The molecule has 0 spiro atoms. The number of methoxy groups -OCH3 is 1. The zero-order valence-electron chi connectivity index (χ0n) is 12.5. The third-order valence-corrected chi connectivity index (χ3v) is 3.68. The second kappa shape index (κ2) is 5.24. The molecule has 0 atom stereocenters. The van der Waals surface area contributed by atoms with E-state index in [-0.39, 0.29) is 45.3 Å². The summed E-state index contributed by atoms with van der Waals surface area (Å²) in [5.74, 6) is -0.373. The Labute approximate surface area is 130 Å². The van der Waals surface area contributed by atoms with Crippen molar-refractivity contribution in [3.05, 3.63) is 46.1 Å². The smallest absolute Gasteiger partial charge is 0.239 e. The molecule has 0 fully saturated rings. The molecule has 0 aliphatic heterocycles. The van der Waals surface area contributed by atoms with E-state index in [1.807, 2.05) is 0 Å². The Morgan fingerprint density at radius 1 is 1.09 bits per heavy atom. The second-order valence-corrected chi connectivity index (χ2v) is 5.08. The fraction of sp³-hybridized carbons (Fsp3) is 0.118. The van der Waals surface area contributed by atoms with Crippen LogP contribution in [0.25, 0.3) is 22.3 Å². The second-order valence-electron chi connectivity index (χ2n) is 5.08. The zero-order valence-corrected chi connectivity index (χ0v) is 12.5. The van der Waals surface area contributed by atoms with E-state index in [1.54, 1.807) is 12.1 Å². The number of hydrogen-bond donors (Lipinski definition) is 3. The summed E-state index contributed by atoms with van der Waals surface area (Å²) in [5.41, 5.74) is 0.194. The van der Waals surface area contributed by atoms with Crippen molar-refractivity contribution in [3.63, 3.8) is 0 Å². The van der Waals surface area contributed by atoms with Gasteiger partial charge in [-0.2, -0.15) is 0 Å². The van der Waals surface area contributed by atoms with E-state index < -0.39 is 5.43 Å². The summed E-state index contributed by atoms with van der Waals surface area (Å²) in [7, 11) is 1.33. The van der Waals surface area contributed by atoms with Crippen LogP contribution in [0.5, 0.6) is 23.0 Å². The third-order valence-electron chi connectivity index (χ3n) is 3.68. The van der Waals surface area contributed by atoms with Crippen molar-refractivity contribution in [2.75, 3.05) is 7.11 Å². The predicted molar refractivity (Wildman–Crippen MR) is 84.2 cm³/mol. The molecular formula is C17H14O6. The Kier molecular flexibility index (Phi) is 3.37. The third kappa shape index (κ3) is 2.24. The first-order valence-corrected chi connectivity index (χ1v) is 6.79. The van der Waals surface area contributed by atoms with Crippen molar-refractivity contribution in [1.29, 1.82) is 0 Å². The molecule has 1 aromatic heterocycles. The summed E-state index contributed by atoms with van der Waals surface area (Å²) in [5, 5.41) is 29.3. The van der Waals surface area contributed by atoms with Gasteiger partial charge in [0.05, 0.1) is 7.11 Å². The van der Waals surface area contributed by atoms with Crippen LogP contribution in [0.15, 0.2) is 39.5 Å². The molecule has 0 saturated heterocycles. The monoisotopic (exact) mass is 314 g/mol. The van der Waals surface area contributed by atoms with Gasteiger partial charge in [-0.1, -0.05) is 0 Å². The lowest BCUT2D eigenvalue weighted by atomic mass is 10.1. The maximum Gasteiger partial charge on any atom is 0.239 e. The maximum absolute atomic E-state index is 12.6. The molecule has 0 saturated carbocycles. The minimum absolute atomic E-state index is 0.0412. The molecule has 0 unspecified atom stereocenters. The SMILES string of the molecule is COc1c(-c2ccc(O)cc2)oc2cc(O)c(C)c(O)c2c1=O. The Morgan fingerprint density at radius 3 is 2.35 bits per heavy atom. The van der Waals surface area contributed by atoms with Crippen molar-refractivity contribution < 1.29 is 24.5 Å². The molecule has 2 aromatic carbocycles.